The van der Waals surface area contributed by atoms with Crippen molar-refractivity contribution in [3.05, 3.63) is 54.2 Å². The molecule has 0 amide bonds. The standard InChI is InChI=1S/C15H10N4/c16-9-13-8-14(17)19-15(18-13)12-6-5-10-3-1-2-4-11(10)7-12/h1-8H,(H2,17,18,19). The molecule has 0 spiro atoms. The van der Waals surface area contributed by atoms with Crippen molar-refractivity contribution in [2.75, 3.05) is 5.73 Å². The number of nitrogen functional groups attached to an aromatic ring is 1. The lowest BCUT2D eigenvalue weighted by molar-refractivity contribution is 1.16. The fraction of sp³-hybridized carbons (Fsp3) is 0. The Balaban J connectivity index is 2.19. The zero-order chi connectivity index (χ0) is 13.2. The van der Waals surface area contributed by atoms with Gasteiger partial charge in [-0.2, -0.15) is 5.26 Å². The Morgan fingerprint density at radius 3 is 2.53 bits per heavy atom. The predicted octanol–water partition coefficient (Wildman–Crippen LogP) is 2.75. The van der Waals surface area contributed by atoms with Crippen LogP contribution in [0, 0.1) is 11.3 Å². The first kappa shape index (κ1) is 11.2. The number of anilines is 1. The van der Waals surface area contributed by atoms with E-state index in [0.717, 1.165) is 16.3 Å². The topological polar surface area (TPSA) is 75.6 Å². The van der Waals surface area contributed by atoms with Crippen molar-refractivity contribution >= 4 is 16.6 Å². The summed E-state index contributed by atoms with van der Waals surface area (Å²) >= 11 is 0. The van der Waals surface area contributed by atoms with Crippen LogP contribution in [0.25, 0.3) is 22.2 Å². The molecule has 1 aromatic heterocycles. The number of nitriles is 1. The first-order valence-corrected chi connectivity index (χ1v) is 5.80. The van der Waals surface area contributed by atoms with Crippen molar-refractivity contribution in [3.63, 3.8) is 0 Å². The Morgan fingerprint density at radius 1 is 0.947 bits per heavy atom. The van der Waals surface area contributed by atoms with E-state index in [0.29, 0.717) is 11.6 Å². The molecular formula is C15H10N4. The van der Waals surface area contributed by atoms with Crippen molar-refractivity contribution in [1.82, 2.24) is 9.97 Å². The van der Waals surface area contributed by atoms with Crippen LogP contribution in [0.4, 0.5) is 5.82 Å². The summed E-state index contributed by atoms with van der Waals surface area (Å²) in [6, 6.07) is 17.4. The molecule has 0 saturated heterocycles. The van der Waals surface area contributed by atoms with Crippen LogP contribution in [0.15, 0.2) is 48.5 Å². The number of hydrogen-bond donors (Lipinski definition) is 1. The third-order valence-electron chi connectivity index (χ3n) is 2.87. The van der Waals surface area contributed by atoms with Crippen LogP contribution in [0.1, 0.15) is 5.69 Å². The third kappa shape index (κ3) is 2.09. The molecule has 0 radical (unpaired) electrons. The first-order chi connectivity index (χ1) is 9.26. The molecule has 4 nitrogen and oxygen atoms in total. The maximum atomic E-state index is 8.91. The number of aromatic nitrogens is 2. The van der Waals surface area contributed by atoms with E-state index in [1.807, 2.05) is 48.5 Å². The largest absolute Gasteiger partial charge is 0.384 e. The first-order valence-electron chi connectivity index (χ1n) is 5.80. The molecule has 0 aliphatic rings. The van der Waals surface area contributed by atoms with E-state index < -0.39 is 0 Å². The fourth-order valence-corrected chi connectivity index (χ4v) is 1.98. The molecule has 2 N–H and O–H groups in total. The summed E-state index contributed by atoms with van der Waals surface area (Å²) in [4.78, 5) is 8.35. The average Bonchev–Trinajstić information content (AvgIpc) is 2.46. The molecule has 0 fully saturated rings. The summed E-state index contributed by atoms with van der Waals surface area (Å²) in [6.45, 7) is 0. The number of fused-ring (bicyclic) bond motifs is 1. The number of rotatable bonds is 1. The van der Waals surface area contributed by atoms with Crippen LogP contribution in [0.3, 0.4) is 0 Å². The molecule has 0 aliphatic carbocycles. The van der Waals surface area contributed by atoms with Gasteiger partial charge in [-0.25, -0.2) is 9.97 Å². The quantitative estimate of drug-likeness (QED) is 0.716. The van der Waals surface area contributed by atoms with Gasteiger partial charge in [0.2, 0.25) is 0 Å². The maximum absolute atomic E-state index is 8.91. The molecule has 90 valence electrons. The molecule has 0 bridgehead atoms. The van der Waals surface area contributed by atoms with Crippen molar-refractivity contribution < 1.29 is 0 Å². The van der Waals surface area contributed by atoms with E-state index >= 15 is 0 Å². The minimum absolute atomic E-state index is 0.274. The van der Waals surface area contributed by atoms with Crippen LogP contribution in [0.2, 0.25) is 0 Å². The summed E-state index contributed by atoms with van der Waals surface area (Å²) in [6.07, 6.45) is 0. The Bertz CT molecular complexity index is 803. The van der Waals surface area contributed by atoms with Crippen molar-refractivity contribution in [3.8, 4) is 17.5 Å². The van der Waals surface area contributed by atoms with Crippen LogP contribution >= 0.6 is 0 Å². The van der Waals surface area contributed by atoms with Gasteiger partial charge in [-0.1, -0.05) is 36.4 Å². The van der Waals surface area contributed by atoms with Crippen molar-refractivity contribution in [2.24, 2.45) is 0 Å². The van der Waals surface area contributed by atoms with E-state index in [1.165, 1.54) is 6.07 Å². The summed E-state index contributed by atoms with van der Waals surface area (Å²) < 4.78 is 0. The molecule has 0 aliphatic heterocycles. The summed E-state index contributed by atoms with van der Waals surface area (Å²) in [7, 11) is 0. The van der Waals surface area contributed by atoms with Gasteiger partial charge in [-0.3, -0.25) is 0 Å². The van der Waals surface area contributed by atoms with E-state index in [2.05, 4.69) is 9.97 Å². The predicted molar refractivity (Wildman–Crippen MR) is 74.1 cm³/mol. The Morgan fingerprint density at radius 2 is 1.74 bits per heavy atom. The minimum atomic E-state index is 0.274. The second kappa shape index (κ2) is 4.39. The Labute approximate surface area is 110 Å². The van der Waals surface area contributed by atoms with E-state index in [4.69, 9.17) is 11.0 Å². The van der Waals surface area contributed by atoms with Gasteiger partial charge >= 0.3 is 0 Å². The van der Waals surface area contributed by atoms with Gasteiger partial charge in [0.05, 0.1) is 0 Å². The van der Waals surface area contributed by atoms with Crippen molar-refractivity contribution in [1.29, 1.82) is 5.26 Å². The summed E-state index contributed by atoms with van der Waals surface area (Å²) in [5, 5.41) is 11.2. The normalized spacial score (nSPS) is 10.3. The van der Waals surface area contributed by atoms with Crippen LogP contribution in [-0.2, 0) is 0 Å². The molecule has 0 unspecified atom stereocenters. The van der Waals surface area contributed by atoms with Crippen LogP contribution < -0.4 is 5.73 Å². The average molecular weight is 246 g/mol. The smallest absolute Gasteiger partial charge is 0.162 e. The van der Waals surface area contributed by atoms with Crippen molar-refractivity contribution in [2.45, 2.75) is 0 Å². The Hall–Kier alpha value is -2.93. The van der Waals surface area contributed by atoms with E-state index in [-0.39, 0.29) is 5.69 Å². The highest BCUT2D eigenvalue weighted by Crippen LogP contribution is 2.22. The number of nitrogens with two attached hydrogens (primary N) is 1. The van der Waals surface area contributed by atoms with Crippen LogP contribution in [-0.4, -0.2) is 9.97 Å². The van der Waals surface area contributed by atoms with Gasteiger partial charge in [-0.05, 0) is 16.8 Å². The molecule has 2 aromatic carbocycles. The molecule has 0 saturated carbocycles. The van der Waals surface area contributed by atoms with Gasteiger partial charge in [0.15, 0.2) is 5.82 Å². The van der Waals surface area contributed by atoms with Gasteiger partial charge in [0.1, 0.15) is 17.6 Å². The summed E-state index contributed by atoms with van der Waals surface area (Å²) in [5.41, 5.74) is 6.81. The second-order valence-electron chi connectivity index (χ2n) is 4.18. The lowest BCUT2D eigenvalue weighted by Gasteiger charge is -2.04. The highest BCUT2D eigenvalue weighted by Gasteiger charge is 2.06. The van der Waals surface area contributed by atoms with E-state index in [1.54, 1.807) is 0 Å². The third-order valence-corrected chi connectivity index (χ3v) is 2.87. The van der Waals surface area contributed by atoms with Gasteiger partial charge < -0.3 is 5.73 Å². The molecule has 19 heavy (non-hydrogen) atoms. The summed E-state index contributed by atoms with van der Waals surface area (Å²) in [5.74, 6) is 0.775. The molecule has 0 atom stereocenters. The lowest BCUT2D eigenvalue weighted by Crippen LogP contribution is -1.98. The number of nitrogens with zero attached hydrogens (tertiary/aromatic N) is 3. The molecule has 1 heterocycles. The van der Waals surface area contributed by atoms with Gasteiger partial charge in [0.25, 0.3) is 0 Å². The minimum Gasteiger partial charge on any atom is -0.384 e. The molecule has 3 aromatic rings. The molecule has 3 rings (SSSR count). The zero-order valence-corrected chi connectivity index (χ0v) is 10.0. The highest BCUT2D eigenvalue weighted by molar-refractivity contribution is 5.86. The SMILES string of the molecule is N#Cc1cc(N)nc(-c2ccc3ccccc3c2)n1. The Kier molecular flexibility index (Phi) is 2.58. The fourth-order valence-electron chi connectivity index (χ4n) is 1.98. The highest BCUT2D eigenvalue weighted by atomic mass is 14.9. The lowest BCUT2D eigenvalue weighted by atomic mass is 10.1. The maximum Gasteiger partial charge on any atom is 0.162 e. The van der Waals surface area contributed by atoms with Gasteiger partial charge in [0, 0.05) is 11.6 Å². The molecule has 4 heteroatoms. The number of hydrogen-bond acceptors (Lipinski definition) is 4. The second-order valence-corrected chi connectivity index (χ2v) is 4.18. The van der Waals surface area contributed by atoms with Gasteiger partial charge in [-0.15, -0.1) is 0 Å². The zero-order valence-electron chi connectivity index (χ0n) is 10.0. The van der Waals surface area contributed by atoms with E-state index in [9.17, 15) is 0 Å². The molecular weight excluding hydrogens is 236 g/mol. The monoisotopic (exact) mass is 246 g/mol. The number of benzene rings is 2. The van der Waals surface area contributed by atoms with Crippen LogP contribution in [0.5, 0.6) is 0 Å².